The first-order valence-corrected chi connectivity index (χ1v) is 8.45. The summed E-state index contributed by atoms with van der Waals surface area (Å²) in [7, 11) is 0. The van der Waals surface area contributed by atoms with Crippen molar-refractivity contribution < 1.29 is 4.74 Å². The molecule has 0 aliphatic carbocycles. The molecule has 3 nitrogen and oxygen atoms in total. The predicted octanol–water partition coefficient (Wildman–Crippen LogP) is 3.36. The zero-order valence-corrected chi connectivity index (χ0v) is 13.7. The average molecular weight is 290 g/mol. The average Bonchev–Trinajstić information content (AvgIpc) is 2.51. The lowest BCUT2D eigenvalue weighted by molar-refractivity contribution is 0.182. The molecule has 118 valence electrons. The van der Waals surface area contributed by atoms with Gasteiger partial charge in [0.2, 0.25) is 0 Å². The highest BCUT2D eigenvalue weighted by atomic mass is 16.5. The Bertz CT molecular complexity index is 414. The number of ether oxygens (including phenoxy) is 1. The van der Waals surface area contributed by atoms with E-state index in [0.717, 1.165) is 38.4 Å². The maximum Gasteiger partial charge on any atom is 0.123 e. The lowest BCUT2D eigenvalue weighted by Crippen LogP contribution is -2.33. The summed E-state index contributed by atoms with van der Waals surface area (Å²) in [6.45, 7) is 10.6. The number of aryl methyl sites for hydroxylation is 1. The SMILES string of the molecule is CCCNCc1cc(C)ccc1OCCN1CCCCC1. The maximum atomic E-state index is 6.04. The molecule has 21 heavy (non-hydrogen) atoms. The van der Waals surface area contributed by atoms with E-state index in [0.29, 0.717) is 0 Å². The Hall–Kier alpha value is -1.06. The Morgan fingerprint density at radius 2 is 2.00 bits per heavy atom. The summed E-state index contributed by atoms with van der Waals surface area (Å²) in [5.74, 6) is 1.04. The van der Waals surface area contributed by atoms with Crippen LogP contribution in [0.25, 0.3) is 0 Å². The van der Waals surface area contributed by atoms with E-state index in [1.807, 2.05) is 0 Å². The van der Waals surface area contributed by atoms with E-state index in [2.05, 4.69) is 42.3 Å². The molecule has 1 fully saturated rings. The molecule has 1 heterocycles. The molecular formula is C18H30N2O. The first kappa shape index (κ1) is 16.3. The van der Waals surface area contributed by atoms with Crippen molar-refractivity contribution in [3.8, 4) is 5.75 Å². The second kappa shape index (κ2) is 9.06. The van der Waals surface area contributed by atoms with Crippen LogP contribution in [0.2, 0.25) is 0 Å². The molecule has 0 aromatic heterocycles. The van der Waals surface area contributed by atoms with Crippen LogP contribution in [-0.4, -0.2) is 37.7 Å². The second-order valence-corrected chi connectivity index (χ2v) is 6.04. The van der Waals surface area contributed by atoms with E-state index in [1.54, 1.807) is 0 Å². The Balaban J connectivity index is 1.82. The Labute approximate surface area is 129 Å². The van der Waals surface area contributed by atoms with Gasteiger partial charge in [-0.05, 0) is 51.9 Å². The third-order valence-corrected chi connectivity index (χ3v) is 4.07. The van der Waals surface area contributed by atoms with Gasteiger partial charge < -0.3 is 10.1 Å². The highest BCUT2D eigenvalue weighted by Gasteiger charge is 2.10. The van der Waals surface area contributed by atoms with Crippen molar-refractivity contribution in [3.05, 3.63) is 29.3 Å². The van der Waals surface area contributed by atoms with Crippen LogP contribution in [0.5, 0.6) is 5.75 Å². The van der Waals surface area contributed by atoms with Gasteiger partial charge in [0.15, 0.2) is 0 Å². The number of nitrogens with zero attached hydrogens (tertiary/aromatic N) is 1. The fourth-order valence-corrected chi connectivity index (χ4v) is 2.85. The number of hydrogen-bond acceptors (Lipinski definition) is 3. The van der Waals surface area contributed by atoms with Gasteiger partial charge in [-0.3, -0.25) is 4.90 Å². The normalized spacial score (nSPS) is 16.1. The summed E-state index contributed by atoms with van der Waals surface area (Å²) in [5.41, 5.74) is 2.58. The highest BCUT2D eigenvalue weighted by Crippen LogP contribution is 2.20. The lowest BCUT2D eigenvalue weighted by atomic mass is 10.1. The molecule has 0 atom stereocenters. The molecule has 1 N–H and O–H groups in total. The first-order valence-electron chi connectivity index (χ1n) is 8.45. The monoisotopic (exact) mass is 290 g/mol. The van der Waals surface area contributed by atoms with Crippen LogP contribution >= 0.6 is 0 Å². The maximum absolute atomic E-state index is 6.04. The summed E-state index contributed by atoms with van der Waals surface area (Å²) in [5, 5.41) is 3.47. The molecular weight excluding hydrogens is 260 g/mol. The summed E-state index contributed by atoms with van der Waals surface area (Å²) in [6.07, 6.45) is 5.24. The van der Waals surface area contributed by atoms with Gasteiger partial charge in [0, 0.05) is 18.7 Å². The number of benzene rings is 1. The number of nitrogens with one attached hydrogen (secondary N) is 1. The summed E-state index contributed by atoms with van der Waals surface area (Å²) < 4.78 is 6.04. The molecule has 1 aliphatic heterocycles. The summed E-state index contributed by atoms with van der Waals surface area (Å²) in [4.78, 5) is 2.52. The Morgan fingerprint density at radius 1 is 1.19 bits per heavy atom. The van der Waals surface area contributed by atoms with Crippen LogP contribution in [-0.2, 0) is 6.54 Å². The molecule has 3 heteroatoms. The van der Waals surface area contributed by atoms with Gasteiger partial charge in [-0.1, -0.05) is 31.0 Å². The smallest absolute Gasteiger partial charge is 0.123 e. The lowest BCUT2D eigenvalue weighted by Gasteiger charge is -2.26. The van der Waals surface area contributed by atoms with Gasteiger partial charge in [0.25, 0.3) is 0 Å². The standard InChI is InChI=1S/C18H30N2O/c1-3-9-19-15-17-14-16(2)7-8-18(17)21-13-12-20-10-5-4-6-11-20/h7-8,14,19H,3-6,9-13,15H2,1-2H3. The fourth-order valence-electron chi connectivity index (χ4n) is 2.85. The molecule has 0 amide bonds. The van der Waals surface area contributed by atoms with Crippen LogP contribution in [0.3, 0.4) is 0 Å². The minimum atomic E-state index is 0.795. The minimum Gasteiger partial charge on any atom is -0.492 e. The van der Waals surface area contributed by atoms with Crippen LogP contribution in [0.15, 0.2) is 18.2 Å². The largest absolute Gasteiger partial charge is 0.492 e. The predicted molar refractivity (Wildman–Crippen MR) is 89.0 cm³/mol. The van der Waals surface area contributed by atoms with Gasteiger partial charge in [-0.25, -0.2) is 0 Å². The molecule has 1 aromatic rings. The van der Waals surface area contributed by atoms with Gasteiger partial charge in [0.1, 0.15) is 12.4 Å². The topological polar surface area (TPSA) is 24.5 Å². The van der Waals surface area contributed by atoms with Crippen molar-refractivity contribution in [2.75, 3.05) is 32.8 Å². The molecule has 0 bridgehead atoms. The minimum absolute atomic E-state index is 0.795. The second-order valence-electron chi connectivity index (χ2n) is 6.04. The number of hydrogen-bond donors (Lipinski definition) is 1. The zero-order valence-electron chi connectivity index (χ0n) is 13.7. The number of piperidine rings is 1. The Kier molecular flexibility index (Phi) is 7.04. The summed E-state index contributed by atoms with van der Waals surface area (Å²) >= 11 is 0. The van der Waals surface area contributed by atoms with E-state index >= 15 is 0 Å². The quantitative estimate of drug-likeness (QED) is 0.743. The third kappa shape index (κ3) is 5.68. The van der Waals surface area contributed by atoms with Crippen molar-refractivity contribution in [2.45, 2.75) is 46.1 Å². The molecule has 0 spiro atoms. The van der Waals surface area contributed by atoms with Crippen molar-refractivity contribution in [3.63, 3.8) is 0 Å². The van der Waals surface area contributed by atoms with Gasteiger partial charge in [-0.15, -0.1) is 0 Å². The fraction of sp³-hybridized carbons (Fsp3) is 0.667. The van der Waals surface area contributed by atoms with Crippen molar-refractivity contribution in [1.29, 1.82) is 0 Å². The van der Waals surface area contributed by atoms with Crippen molar-refractivity contribution >= 4 is 0 Å². The number of rotatable bonds is 8. The summed E-state index contributed by atoms with van der Waals surface area (Å²) in [6, 6.07) is 6.49. The third-order valence-electron chi connectivity index (χ3n) is 4.07. The van der Waals surface area contributed by atoms with Crippen LogP contribution in [0, 0.1) is 6.92 Å². The molecule has 0 unspecified atom stereocenters. The Morgan fingerprint density at radius 3 is 2.76 bits per heavy atom. The molecule has 1 saturated heterocycles. The van der Waals surface area contributed by atoms with Crippen molar-refractivity contribution in [2.24, 2.45) is 0 Å². The van der Waals surface area contributed by atoms with E-state index < -0.39 is 0 Å². The highest BCUT2D eigenvalue weighted by molar-refractivity contribution is 5.36. The molecule has 2 rings (SSSR count). The molecule has 1 aromatic carbocycles. The van der Waals surface area contributed by atoms with Crippen LogP contribution < -0.4 is 10.1 Å². The van der Waals surface area contributed by atoms with E-state index in [4.69, 9.17) is 4.74 Å². The number of likely N-dealkylation sites (tertiary alicyclic amines) is 1. The molecule has 0 saturated carbocycles. The first-order chi connectivity index (χ1) is 10.3. The van der Waals surface area contributed by atoms with Gasteiger partial charge >= 0.3 is 0 Å². The van der Waals surface area contributed by atoms with Gasteiger partial charge in [0.05, 0.1) is 0 Å². The van der Waals surface area contributed by atoms with Crippen LogP contribution in [0.4, 0.5) is 0 Å². The zero-order chi connectivity index (χ0) is 14.9. The van der Waals surface area contributed by atoms with E-state index in [1.165, 1.54) is 43.5 Å². The van der Waals surface area contributed by atoms with Crippen LogP contribution in [0.1, 0.15) is 43.7 Å². The van der Waals surface area contributed by atoms with Crippen molar-refractivity contribution in [1.82, 2.24) is 10.2 Å². The van der Waals surface area contributed by atoms with Gasteiger partial charge in [-0.2, -0.15) is 0 Å². The molecule has 1 aliphatic rings. The molecule has 0 radical (unpaired) electrons. The van der Waals surface area contributed by atoms with E-state index in [-0.39, 0.29) is 0 Å². The van der Waals surface area contributed by atoms with E-state index in [9.17, 15) is 0 Å².